The van der Waals surface area contributed by atoms with Crippen LogP contribution in [0.3, 0.4) is 0 Å². The van der Waals surface area contributed by atoms with Gasteiger partial charge in [0.15, 0.2) is 5.11 Å². The Morgan fingerprint density at radius 2 is 2.00 bits per heavy atom. The molecule has 1 aliphatic rings. The number of halogens is 2. The molecule has 1 aromatic heterocycles. The minimum atomic E-state index is 0.0833. The second-order valence-electron chi connectivity index (χ2n) is 6.62. The molecule has 1 aliphatic carbocycles. The molecule has 6 heteroatoms. The van der Waals surface area contributed by atoms with E-state index in [1.165, 1.54) is 18.4 Å². The van der Waals surface area contributed by atoms with Crippen LogP contribution >= 0.6 is 35.4 Å². The number of hydrogen-bond donors (Lipinski definition) is 2. The molecule has 1 aromatic carbocycles. The van der Waals surface area contributed by atoms with E-state index in [1.807, 2.05) is 25.1 Å². The molecule has 3 rings (SSSR count). The van der Waals surface area contributed by atoms with E-state index in [1.54, 1.807) is 6.20 Å². The SMILES string of the molecule is Cc1cc(NC(=S)NCC2(c3cccc(Cl)c3)CCCC2)ncc1Cl. The minimum Gasteiger partial charge on any atom is -0.362 e. The maximum Gasteiger partial charge on any atom is 0.171 e. The summed E-state index contributed by atoms with van der Waals surface area (Å²) in [6.07, 6.45) is 6.37. The molecule has 2 N–H and O–H groups in total. The number of rotatable bonds is 4. The summed E-state index contributed by atoms with van der Waals surface area (Å²) in [7, 11) is 0. The third-order valence-electron chi connectivity index (χ3n) is 4.87. The van der Waals surface area contributed by atoms with Crippen LogP contribution in [-0.4, -0.2) is 16.6 Å². The number of aryl methyl sites for hydroxylation is 1. The van der Waals surface area contributed by atoms with Gasteiger partial charge in [0, 0.05) is 23.2 Å². The van der Waals surface area contributed by atoms with Crippen molar-refractivity contribution < 1.29 is 0 Å². The molecule has 0 saturated heterocycles. The number of aromatic nitrogens is 1. The maximum atomic E-state index is 6.21. The lowest BCUT2D eigenvalue weighted by Crippen LogP contribution is -2.40. The van der Waals surface area contributed by atoms with E-state index in [4.69, 9.17) is 35.4 Å². The van der Waals surface area contributed by atoms with Crippen molar-refractivity contribution in [3.8, 4) is 0 Å². The van der Waals surface area contributed by atoms with E-state index in [9.17, 15) is 0 Å². The van der Waals surface area contributed by atoms with Gasteiger partial charge in [-0.2, -0.15) is 0 Å². The van der Waals surface area contributed by atoms with Gasteiger partial charge in [0.2, 0.25) is 0 Å². The van der Waals surface area contributed by atoms with Crippen molar-refractivity contribution in [2.75, 3.05) is 11.9 Å². The highest BCUT2D eigenvalue weighted by molar-refractivity contribution is 7.80. The molecule has 0 atom stereocenters. The molecule has 1 heterocycles. The van der Waals surface area contributed by atoms with Crippen LogP contribution in [0.25, 0.3) is 0 Å². The van der Waals surface area contributed by atoms with Crippen molar-refractivity contribution in [3.63, 3.8) is 0 Å². The van der Waals surface area contributed by atoms with E-state index in [0.717, 1.165) is 30.0 Å². The van der Waals surface area contributed by atoms with Crippen molar-refractivity contribution in [1.82, 2.24) is 10.3 Å². The first-order valence-corrected chi connectivity index (χ1v) is 9.58. The van der Waals surface area contributed by atoms with Gasteiger partial charge < -0.3 is 10.6 Å². The van der Waals surface area contributed by atoms with Crippen molar-refractivity contribution in [2.24, 2.45) is 0 Å². The minimum absolute atomic E-state index is 0.0833. The lowest BCUT2D eigenvalue weighted by atomic mass is 9.79. The Hall–Kier alpha value is -1.36. The Labute approximate surface area is 164 Å². The van der Waals surface area contributed by atoms with Gasteiger partial charge in [0.1, 0.15) is 5.82 Å². The highest BCUT2D eigenvalue weighted by Crippen LogP contribution is 2.41. The normalized spacial score (nSPS) is 15.8. The van der Waals surface area contributed by atoms with Crippen LogP contribution in [0.15, 0.2) is 36.5 Å². The van der Waals surface area contributed by atoms with Crippen LogP contribution in [0.1, 0.15) is 36.8 Å². The third-order valence-corrected chi connectivity index (χ3v) is 5.75. The Bertz CT molecular complexity index is 773. The summed E-state index contributed by atoms with van der Waals surface area (Å²) in [5.74, 6) is 0.697. The zero-order chi connectivity index (χ0) is 17.9. The summed E-state index contributed by atoms with van der Waals surface area (Å²) in [6.45, 7) is 2.73. The van der Waals surface area contributed by atoms with Crippen molar-refractivity contribution >= 4 is 46.4 Å². The monoisotopic (exact) mass is 393 g/mol. The average molecular weight is 394 g/mol. The molecule has 1 saturated carbocycles. The molecular weight excluding hydrogens is 373 g/mol. The van der Waals surface area contributed by atoms with Crippen LogP contribution in [0.4, 0.5) is 5.82 Å². The molecule has 2 aromatic rings. The molecule has 25 heavy (non-hydrogen) atoms. The Morgan fingerprint density at radius 1 is 1.24 bits per heavy atom. The van der Waals surface area contributed by atoms with Gasteiger partial charge in [-0.25, -0.2) is 4.98 Å². The Balaban J connectivity index is 1.67. The summed E-state index contributed by atoms with van der Waals surface area (Å²) < 4.78 is 0. The molecule has 0 bridgehead atoms. The van der Waals surface area contributed by atoms with Gasteiger partial charge >= 0.3 is 0 Å². The first-order chi connectivity index (χ1) is 12.0. The summed E-state index contributed by atoms with van der Waals surface area (Å²) in [5.41, 5.74) is 2.33. The molecule has 0 radical (unpaired) electrons. The first-order valence-electron chi connectivity index (χ1n) is 8.42. The van der Waals surface area contributed by atoms with E-state index in [0.29, 0.717) is 16.0 Å². The molecule has 0 aliphatic heterocycles. The molecule has 132 valence electrons. The summed E-state index contributed by atoms with van der Waals surface area (Å²) >= 11 is 17.7. The van der Waals surface area contributed by atoms with Crippen molar-refractivity contribution in [1.29, 1.82) is 0 Å². The summed E-state index contributed by atoms with van der Waals surface area (Å²) in [4.78, 5) is 4.26. The van der Waals surface area contributed by atoms with Crippen molar-refractivity contribution in [3.05, 3.63) is 57.7 Å². The fourth-order valence-electron chi connectivity index (χ4n) is 3.46. The Morgan fingerprint density at radius 3 is 2.68 bits per heavy atom. The smallest absolute Gasteiger partial charge is 0.171 e. The van der Waals surface area contributed by atoms with Gasteiger partial charge in [0.05, 0.1) is 5.02 Å². The molecule has 0 unspecified atom stereocenters. The van der Waals surface area contributed by atoms with Crippen LogP contribution in [0, 0.1) is 6.92 Å². The number of benzene rings is 1. The molecule has 3 nitrogen and oxygen atoms in total. The van der Waals surface area contributed by atoms with Crippen molar-refractivity contribution in [2.45, 2.75) is 38.0 Å². The highest BCUT2D eigenvalue weighted by atomic mass is 35.5. The summed E-state index contributed by atoms with van der Waals surface area (Å²) in [6, 6.07) is 10.1. The number of nitrogens with one attached hydrogen (secondary N) is 2. The first kappa shape index (κ1) is 18.4. The van der Waals surface area contributed by atoms with E-state index in [-0.39, 0.29) is 5.41 Å². The lowest BCUT2D eigenvalue weighted by Gasteiger charge is -2.30. The van der Waals surface area contributed by atoms with Crippen LogP contribution in [0.2, 0.25) is 10.0 Å². The van der Waals surface area contributed by atoms with E-state index >= 15 is 0 Å². The predicted molar refractivity (Wildman–Crippen MR) is 110 cm³/mol. The van der Waals surface area contributed by atoms with Crippen LogP contribution in [0.5, 0.6) is 0 Å². The number of nitrogens with zero attached hydrogens (tertiary/aromatic N) is 1. The summed E-state index contributed by atoms with van der Waals surface area (Å²) in [5, 5.41) is 8.51. The quantitative estimate of drug-likeness (QED) is 0.672. The van der Waals surface area contributed by atoms with Gasteiger partial charge in [0.25, 0.3) is 0 Å². The molecular formula is C19H21Cl2N3S. The number of thiocarbonyl (C=S) groups is 1. The Kier molecular flexibility index (Phi) is 5.82. The molecule has 0 spiro atoms. The fraction of sp³-hybridized carbons (Fsp3) is 0.368. The maximum absolute atomic E-state index is 6.21. The number of anilines is 1. The zero-order valence-corrected chi connectivity index (χ0v) is 16.4. The van der Waals surface area contributed by atoms with E-state index in [2.05, 4.69) is 27.8 Å². The molecule has 0 amide bonds. The van der Waals surface area contributed by atoms with E-state index < -0.39 is 0 Å². The topological polar surface area (TPSA) is 37.0 Å². The number of hydrogen-bond acceptors (Lipinski definition) is 2. The van der Waals surface area contributed by atoms with Crippen LogP contribution < -0.4 is 10.6 Å². The van der Waals surface area contributed by atoms with Gasteiger partial charge in [-0.1, -0.05) is 48.2 Å². The average Bonchev–Trinajstić information content (AvgIpc) is 3.07. The van der Waals surface area contributed by atoms with Crippen LogP contribution in [-0.2, 0) is 5.41 Å². The number of pyridine rings is 1. The standard InChI is InChI=1S/C19H21Cl2N3S/c1-13-9-17(22-11-16(13)21)24-18(25)23-12-19(7-2-3-8-19)14-5-4-6-15(20)10-14/h4-6,9-11H,2-3,7-8,12H2,1H3,(H2,22,23,24,25). The largest absolute Gasteiger partial charge is 0.362 e. The second kappa shape index (κ2) is 7.90. The molecule has 1 fully saturated rings. The fourth-order valence-corrected chi connectivity index (χ4v) is 3.93. The zero-order valence-electron chi connectivity index (χ0n) is 14.1. The second-order valence-corrected chi connectivity index (χ2v) is 7.88. The highest BCUT2D eigenvalue weighted by Gasteiger charge is 2.35. The van der Waals surface area contributed by atoms with Gasteiger partial charge in [-0.3, -0.25) is 0 Å². The lowest BCUT2D eigenvalue weighted by molar-refractivity contribution is 0.435. The third kappa shape index (κ3) is 4.43. The predicted octanol–water partition coefficient (Wildman–Crippen LogP) is 5.50. The van der Waals surface area contributed by atoms with Gasteiger partial charge in [-0.05, 0) is 61.3 Å². The van der Waals surface area contributed by atoms with Gasteiger partial charge in [-0.15, -0.1) is 0 Å².